The van der Waals surface area contributed by atoms with Crippen molar-refractivity contribution < 1.29 is 33.5 Å². The number of hydrogen-bond donors (Lipinski definition) is 1. The molecule has 2 N–H and O–H groups in total. The molecule has 0 aliphatic heterocycles. The molecule has 0 saturated heterocycles. The van der Waals surface area contributed by atoms with E-state index in [2.05, 4.69) is 19.1 Å². The van der Waals surface area contributed by atoms with Gasteiger partial charge in [0.1, 0.15) is 0 Å². The van der Waals surface area contributed by atoms with Gasteiger partial charge in [0.15, 0.2) is 11.5 Å². The van der Waals surface area contributed by atoms with Gasteiger partial charge in [-0.15, -0.1) is 0 Å². The topological polar surface area (TPSA) is 166 Å². The maximum Gasteiger partial charge on any atom is 0.474 e. The van der Waals surface area contributed by atoms with E-state index in [1.807, 2.05) is 0 Å². The third-order valence-corrected chi connectivity index (χ3v) is 3.13. The molecule has 0 fully saturated rings. The molecule has 0 unspecified atom stereocenters. The predicted octanol–water partition coefficient (Wildman–Crippen LogP) is 2.89. The molecule has 0 aliphatic rings. The molecule has 0 atom stereocenters. The van der Waals surface area contributed by atoms with Crippen LogP contribution in [0.1, 0.15) is 0 Å². The van der Waals surface area contributed by atoms with Crippen molar-refractivity contribution in [2.75, 3.05) is 0 Å². The fourth-order valence-electron chi connectivity index (χ4n) is 1.45. The third-order valence-electron chi connectivity index (χ3n) is 2.57. The Balaban J connectivity index is 1.87. The molecule has 0 aromatic heterocycles. The Morgan fingerprint density at radius 1 is 0.760 bits per heavy atom. The average molecular weight is 371 g/mol. The van der Waals surface area contributed by atoms with Gasteiger partial charge in [-0.1, -0.05) is 9.35 Å². The number of benzene rings is 2. The van der Waals surface area contributed by atoms with Crippen molar-refractivity contribution in [3.05, 3.63) is 68.8 Å². The molecule has 13 heteroatoms. The second-order valence-electron chi connectivity index (χ2n) is 4.36. The normalized spacial score (nSPS) is 10.9. The first kappa shape index (κ1) is 18.3. The van der Waals surface area contributed by atoms with Gasteiger partial charge in [-0.25, -0.2) is 10.1 Å². The van der Waals surface area contributed by atoms with E-state index in [1.165, 1.54) is 24.3 Å². The zero-order valence-electron chi connectivity index (χ0n) is 12.2. The quantitative estimate of drug-likeness (QED) is 0.315. The van der Waals surface area contributed by atoms with Crippen LogP contribution in [0.5, 0.6) is 11.5 Å². The zero-order valence-corrected chi connectivity index (χ0v) is 13.1. The van der Waals surface area contributed by atoms with Gasteiger partial charge >= 0.3 is 7.75 Å². The van der Waals surface area contributed by atoms with Crippen LogP contribution in [0.4, 0.5) is 11.4 Å². The van der Waals surface area contributed by atoms with E-state index in [0.717, 1.165) is 24.3 Å². The highest BCUT2D eigenvalue weighted by atomic mass is 31.2. The van der Waals surface area contributed by atoms with Crippen molar-refractivity contribution in [1.29, 1.82) is 0 Å². The Labute approximate surface area is 139 Å². The molecular weight excluding hydrogens is 361 g/mol. The van der Waals surface area contributed by atoms with E-state index < -0.39 is 17.6 Å². The Morgan fingerprint density at radius 2 is 1.08 bits per heavy atom. The number of nitrogens with zero attached hydrogens (tertiary/aromatic N) is 2. The van der Waals surface area contributed by atoms with Gasteiger partial charge in [0.05, 0.1) is 9.85 Å². The van der Waals surface area contributed by atoms with Crippen molar-refractivity contribution in [1.82, 2.24) is 0 Å². The lowest BCUT2D eigenvalue weighted by molar-refractivity contribution is -0.385. The largest absolute Gasteiger partial charge is 0.474 e. The van der Waals surface area contributed by atoms with Crippen LogP contribution in [0.15, 0.2) is 48.5 Å². The summed E-state index contributed by atoms with van der Waals surface area (Å²) in [6.45, 7) is 0. The molecule has 0 spiro atoms. The zero-order chi connectivity index (χ0) is 18.4. The molecule has 2 aromatic rings. The van der Waals surface area contributed by atoms with Gasteiger partial charge in [-0.2, -0.15) is 0 Å². The Morgan fingerprint density at radius 3 is 1.36 bits per heavy atom. The lowest BCUT2D eigenvalue weighted by atomic mass is 10.3. The average Bonchev–Trinajstić information content (AvgIpc) is 2.59. The van der Waals surface area contributed by atoms with E-state index >= 15 is 0 Å². The van der Waals surface area contributed by atoms with E-state index in [0.29, 0.717) is 0 Å². The molecule has 132 valence electrons. The Bertz CT molecular complexity index is 744. The molecule has 12 nitrogen and oxygen atoms in total. The standard InChI is InChI=1S/C12H10N3O9P/c13-25(20,23-21-11-5-1-9(2-6-11)14(16)17)24-22-12-7-3-10(4-8-12)15(18)19/h1-8H,(H2,13,20). The van der Waals surface area contributed by atoms with Gasteiger partial charge < -0.3 is 9.78 Å². The van der Waals surface area contributed by atoms with Crippen LogP contribution < -0.4 is 15.3 Å². The summed E-state index contributed by atoms with van der Waals surface area (Å²) in [6, 6.07) is 9.29. The minimum Gasteiger partial charge on any atom is -0.328 e. The summed E-state index contributed by atoms with van der Waals surface area (Å²) in [5, 5.41) is 21.0. The molecule has 0 amide bonds. The van der Waals surface area contributed by atoms with Crippen molar-refractivity contribution in [3.63, 3.8) is 0 Å². The number of hydrogen-bond acceptors (Lipinski definition) is 9. The fourth-order valence-corrected chi connectivity index (χ4v) is 1.85. The van der Waals surface area contributed by atoms with Gasteiger partial charge in [-0.3, -0.25) is 20.2 Å². The maximum absolute atomic E-state index is 11.8. The lowest BCUT2D eigenvalue weighted by Crippen LogP contribution is -2.09. The van der Waals surface area contributed by atoms with Crippen molar-refractivity contribution in [3.8, 4) is 11.5 Å². The first-order chi connectivity index (χ1) is 11.8. The lowest BCUT2D eigenvalue weighted by Gasteiger charge is -2.11. The molecule has 0 aliphatic carbocycles. The number of rotatable bonds is 8. The van der Waals surface area contributed by atoms with Gasteiger partial charge in [0.25, 0.3) is 11.4 Å². The van der Waals surface area contributed by atoms with Crippen LogP contribution in [-0.2, 0) is 13.9 Å². The summed E-state index contributed by atoms with van der Waals surface area (Å²) in [5.74, 6) is -0.0366. The summed E-state index contributed by atoms with van der Waals surface area (Å²) in [6.07, 6.45) is 0. The molecule has 0 radical (unpaired) electrons. The smallest absolute Gasteiger partial charge is 0.328 e. The van der Waals surface area contributed by atoms with E-state index in [1.54, 1.807) is 0 Å². The number of nitro benzene ring substituents is 2. The first-order valence-electron chi connectivity index (χ1n) is 6.37. The molecule has 0 saturated carbocycles. The molecule has 0 heterocycles. The van der Waals surface area contributed by atoms with E-state index in [-0.39, 0.29) is 22.9 Å². The van der Waals surface area contributed by atoms with Crippen LogP contribution in [0.3, 0.4) is 0 Å². The Hall–Kier alpha value is -3.05. The molecular formula is C12H10N3O9P. The highest BCUT2D eigenvalue weighted by Crippen LogP contribution is 2.40. The third kappa shape index (κ3) is 5.51. The number of nitro groups is 2. The van der Waals surface area contributed by atoms with Gasteiger partial charge in [0, 0.05) is 24.3 Å². The highest BCUT2D eigenvalue weighted by molar-refractivity contribution is 7.50. The van der Waals surface area contributed by atoms with Crippen LogP contribution in [0.2, 0.25) is 0 Å². The van der Waals surface area contributed by atoms with Crippen LogP contribution >= 0.6 is 7.75 Å². The number of nitrogens with two attached hydrogens (primary N) is 1. The number of non-ortho nitro benzene ring substituents is 2. The SMILES string of the molecule is NP(=O)(OOc1ccc([N+](=O)[O-])cc1)OOc1ccc([N+](=O)[O-])cc1. The fraction of sp³-hybridized carbons (Fsp3) is 0. The summed E-state index contributed by atoms with van der Waals surface area (Å²) >= 11 is 0. The van der Waals surface area contributed by atoms with E-state index in [4.69, 9.17) is 5.50 Å². The second kappa shape index (κ2) is 7.68. The van der Waals surface area contributed by atoms with Crippen LogP contribution in [0, 0.1) is 20.2 Å². The van der Waals surface area contributed by atoms with E-state index in [9.17, 15) is 24.8 Å². The van der Waals surface area contributed by atoms with Crippen molar-refractivity contribution >= 4 is 19.1 Å². The summed E-state index contributed by atoms with van der Waals surface area (Å²) in [4.78, 5) is 29.1. The molecule has 0 bridgehead atoms. The van der Waals surface area contributed by atoms with Gasteiger partial charge in [-0.05, 0) is 24.3 Å². The van der Waals surface area contributed by atoms with Crippen molar-refractivity contribution in [2.45, 2.75) is 0 Å². The van der Waals surface area contributed by atoms with Gasteiger partial charge in [0.2, 0.25) is 0 Å². The monoisotopic (exact) mass is 371 g/mol. The molecule has 25 heavy (non-hydrogen) atoms. The maximum atomic E-state index is 11.8. The molecule has 2 aromatic carbocycles. The van der Waals surface area contributed by atoms with Crippen molar-refractivity contribution in [2.24, 2.45) is 5.50 Å². The highest BCUT2D eigenvalue weighted by Gasteiger charge is 2.24. The minimum absolute atomic E-state index is 0.0183. The summed E-state index contributed by atoms with van der Waals surface area (Å²) < 4.78 is 20.6. The predicted molar refractivity (Wildman–Crippen MR) is 81.4 cm³/mol. The minimum atomic E-state index is -4.30. The van der Waals surface area contributed by atoms with Crippen LogP contribution in [-0.4, -0.2) is 9.85 Å². The second-order valence-corrected chi connectivity index (χ2v) is 5.74. The Kier molecular flexibility index (Phi) is 5.62. The summed E-state index contributed by atoms with van der Waals surface area (Å²) in [5.41, 5.74) is 4.85. The molecule has 2 rings (SSSR count). The first-order valence-corrected chi connectivity index (χ1v) is 7.98. The van der Waals surface area contributed by atoms with Crippen LogP contribution in [0.25, 0.3) is 0 Å². The summed E-state index contributed by atoms with van der Waals surface area (Å²) in [7, 11) is -4.30.